The van der Waals surface area contributed by atoms with Crippen LogP contribution in [-0.2, 0) is 14.1 Å². The van der Waals surface area contributed by atoms with Crippen LogP contribution in [0, 0.1) is 20.2 Å². The van der Waals surface area contributed by atoms with Crippen molar-refractivity contribution in [3.05, 3.63) is 163 Å². The molecule has 8 aromatic rings. The fraction of sp³-hybridized carbons (Fsp3) is 0.140. The fourth-order valence-electron chi connectivity index (χ4n) is 5.68. The number of nitrogens with two attached hydrogens (primary N) is 1. The van der Waals surface area contributed by atoms with E-state index in [1.54, 1.807) is 72.3 Å². The van der Waals surface area contributed by atoms with Crippen molar-refractivity contribution in [1.82, 2.24) is 29.1 Å². The molecule has 0 aliphatic rings. The number of pyridine rings is 2. The van der Waals surface area contributed by atoms with E-state index in [9.17, 15) is 25.0 Å². The first kappa shape index (κ1) is 45.5. The average Bonchev–Trinajstić information content (AvgIpc) is 3.72. The first-order valence-electron chi connectivity index (χ1n) is 18.2. The number of nitrogens with one attached hydrogen (secondary N) is 1. The van der Waals surface area contributed by atoms with Crippen molar-refractivity contribution in [2.24, 2.45) is 14.1 Å². The molecule has 318 valence electrons. The van der Waals surface area contributed by atoms with Gasteiger partial charge in [-0.3, -0.25) is 25.0 Å². The van der Waals surface area contributed by atoms with E-state index >= 15 is 0 Å². The van der Waals surface area contributed by atoms with Crippen molar-refractivity contribution in [1.29, 1.82) is 0 Å². The summed E-state index contributed by atoms with van der Waals surface area (Å²) in [5, 5.41) is 26.0. The van der Waals surface area contributed by atoms with Gasteiger partial charge in [-0.15, -0.1) is 0 Å². The number of imidazole rings is 2. The summed E-state index contributed by atoms with van der Waals surface area (Å²) in [6, 6.07) is 30.4. The van der Waals surface area contributed by atoms with E-state index in [1.807, 2.05) is 42.8 Å². The smallest absolute Gasteiger partial charge is 0.271 e. The van der Waals surface area contributed by atoms with Gasteiger partial charge in [-0.2, -0.15) is 0 Å². The van der Waals surface area contributed by atoms with Crippen LogP contribution >= 0.6 is 23.2 Å². The van der Waals surface area contributed by atoms with E-state index in [2.05, 4.69) is 25.3 Å². The monoisotopic (exact) mass is 878 g/mol. The van der Waals surface area contributed by atoms with Crippen LogP contribution in [0.15, 0.2) is 122 Å². The number of hydrogen-bond donors (Lipinski definition) is 2. The minimum absolute atomic E-state index is 0. The Balaban J connectivity index is 0.000000192. The number of ether oxygens (including phenoxy) is 2. The van der Waals surface area contributed by atoms with Crippen molar-refractivity contribution < 1.29 is 24.1 Å². The summed E-state index contributed by atoms with van der Waals surface area (Å²) in [7, 11) is 3.54. The number of nitrogens with zero attached hydrogens (tertiary/aromatic N) is 8. The number of aromatic nitrogens is 6. The minimum Gasteiger partial charge on any atom is -0.439 e. The second-order valence-corrected chi connectivity index (χ2v) is 14.1. The lowest BCUT2D eigenvalue weighted by Gasteiger charge is -2.15. The summed E-state index contributed by atoms with van der Waals surface area (Å²) in [6.07, 6.45) is 3.05. The van der Waals surface area contributed by atoms with Crippen LogP contribution in [0.5, 0.6) is 23.3 Å². The Hall–Kier alpha value is -7.63. The number of nitro groups is 2. The van der Waals surface area contributed by atoms with Gasteiger partial charge in [0.25, 0.3) is 11.4 Å². The highest BCUT2D eigenvalue weighted by atomic mass is 35.5. The topological polar surface area (TPSA) is 221 Å². The first-order chi connectivity index (χ1) is 29.1. The quantitative estimate of drug-likeness (QED) is 0.0742. The molecule has 0 radical (unpaired) electrons. The number of anilines is 2. The SMILES string of the molecule is C.CC(=O)c1ccc(Oc2ccc(Cl)cn2)cc1.CC(Nc1nc2ccc([N+](=O)[O-])cc2n1C)c1ccc(Oc2ccc(Cl)cn2)cc1.Cn1c(N)nc2ccc([N+](=O)[O-])cc21. The van der Waals surface area contributed by atoms with Gasteiger partial charge < -0.3 is 29.7 Å². The van der Waals surface area contributed by atoms with Gasteiger partial charge in [-0.1, -0.05) is 42.8 Å². The molecule has 0 fully saturated rings. The Morgan fingerprint density at radius 2 is 1.18 bits per heavy atom. The molecule has 4 aromatic carbocycles. The average molecular weight is 880 g/mol. The van der Waals surface area contributed by atoms with Gasteiger partial charge in [0, 0.05) is 68.5 Å². The van der Waals surface area contributed by atoms with Crippen LogP contribution in [0.1, 0.15) is 43.2 Å². The van der Waals surface area contributed by atoms with Gasteiger partial charge in [0.15, 0.2) is 5.78 Å². The Bertz CT molecular complexity index is 2830. The van der Waals surface area contributed by atoms with Crippen LogP contribution in [0.3, 0.4) is 0 Å². The lowest BCUT2D eigenvalue weighted by molar-refractivity contribution is -0.384. The molecule has 0 saturated heterocycles. The first-order valence-corrected chi connectivity index (χ1v) is 18.9. The van der Waals surface area contributed by atoms with E-state index in [0.717, 1.165) is 5.56 Å². The molecule has 4 aromatic heterocycles. The molecule has 17 nitrogen and oxygen atoms in total. The van der Waals surface area contributed by atoms with E-state index < -0.39 is 9.85 Å². The molecule has 62 heavy (non-hydrogen) atoms. The maximum absolute atomic E-state index is 11.1. The molecule has 0 amide bonds. The lowest BCUT2D eigenvalue weighted by Crippen LogP contribution is -2.10. The molecule has 1 atom stereocenters. The zero-order chi connectivity index (χ0) is 43.8. The van der Waals surface area contributed by atoms with E-state index in [-0.39, 0.29) is 30.6 Å². The fourth-order valence-corrected chi connectivity index (χ4v) is 5.90. The predicted octanol–water partition coefficient (Wildman–Crippen LogP) is 10.9. The number of nitrogen functional groups attached to an aromatic ring is 1. The number of nitro benzene ring substituents is 2. The number of Topliss-reactive ketones (excluding diaryl/α,β-unsaturated/α-hetero) is 1. The molecule has 0 aliphatic heterocycles. The van der Waals surface area contributed by atoms with Gasteiger partial charge in [0.05, 0.1) is 48.0 Å². The van der Waals surface area contributed by atoms with Crippen LogP contribution in [0.4, 0.5) is 23.3 Å². The maximum Gasteiger partial charge on any atom is 0.271 e. The van der Waals surface area contributed by atoms with E-state index in [4.69, 9.17) is 38.4 Å². The van der Waals surface area contributed by atoms with Crippen molar-refractivity contribution in [2.75, 3.05) is 11.1 Å². The van der Waals surface area contributed by atoms with Gasteiger partial charge in [0.1, 0.15) is 11.5 Å². The van der Waals surface area contributed by atoms with Crippen molar-refractivity contribution in [3.8, 4) is 23.3 Å². The summed E-state index contributed by atoms with van der Waals surface area (Å²) < 4.78 is 14.6. The molecule has 0 saturated carbocycles. The number of ketones is 1. The number of carbonyl (C=O) groups is 1. The van der Waals surface area contributed by atoms with Crippen molar-refractivity contribution >= 4 is 74.3 Å². The van der Waals surface area contributed by atoms with Crippen molar-refractivity contribution in [2.45, 2.75) is 27.3 Å². The molecule has 0 bridgehead atoms. The number of carbonyl (C=O) groups excluding carboxylic acids is 1. The largest absolute Gasteiger partial charge is 0.439 e. The summed E-state index contributed by atoms with van der Waals surface area (Å²) in [6.45, 7) is 3.54. The highest BCUT2D eigenvalue weighted by Gasteiger charge is 2.16. The maximum atomic E-state index is 11.1. The molecule has 0 aliphatic carbocycles. The number of fused-ring (bicyclic) bond motifs is 2. The second kappa shape index (κ2) is 20.1. The summed E-state index contributed by atoms with van der Waals surface area (Å²) in [4.78, 5) is 48.5. The minimum atomic E-state index is -0.442. The number of aryl methyl sites for hydroxylation is 2. The Morgan fingerprint density at radius 3 is 1.63 bits per heavy atom. The van der Waals surface area contributed by atoms with E-state index in [1.165, 1.54) is 43.6 Å². The Labute approximate surface area is 365 Å². The second-order valence-electron chi connectivity index (χ2n) is 13.2. The summed E-state index contributed by atoms with van der Waals surface area (Å²) in [5.74, 6) is 3.23. The zero-order valence-corrected chi connectivity index (χ0v) is 34.4. The molecule has 1 unspecified atom stereocenters. The third kappa shape index (κ3) is 11.3. The number of non-ortho nitro benzene ring substituents is 2. The highest BCUT2D eigenvalue weighted by molar-refractivity contribution is 6.30. The van der Waals surface area contributed by atoms with Crippen LogP contribution in [0.2, 0.25) is 10.0 Å². The Morgan fingerprint density at radius 1 is 0.710 bits per heavy atom. The number of hydrogen-bond acceptors (Lipinski definition) is 13. The van der Waals surface area contributed by atoms with E-state index in [0.29, 0.717) is 72.8 Å². The van der Waals surface area contributed by atoms with Crippen LogP contribution in [-0.4, -0.2) is 44.7 Å². The Kier molecular flexibility index (Phi) is 14.7. The molecule has 19 heteroatoms. The van der Waals surface area contributed by atoms with Gasteiger partial charge >= 0.3 is 0 Å². The molecule has 0 spiro atoms. The third-order valence-corrected chi connectivity index (χ3v) is 9.46. The van der Waals surface area contributed by atoms with Gasteiger partial charge in [0.2, 0.25) is 23.7 Å². The van der Waals surface area contributed by atoms with Crippen LogP contribution in [0.25, 0.3) is 22.1 Å². The third-order valence-electron chi connectivity index (χ3n) is 9.02. The molecular weight excluding hydrogens is 839 g/mol. The van der Waals surface area contributed by atoms with Crippen LogP contribution < -0.4 is 20.5 Å². The number of halogens is 2. The summed E-state index contributed by atoms with van der Waals surface area (Å²) >= 11 is 11.5. The number of rotatable bonds is 10. The molecule has 8 rings (SSSR count). The lowest BCUT2D eigenvalue weighted by atomic mass is 10.1. The molecular formula is C43H40Cl2N10O7. The van der Waals surface area contributed by atoms with Gasteiger partial charge in [-0.05, 0) is 80.1 Å². The zero-order valence-electron chi connectivity index (χ0n) is 32.9. The molecule has 3 N–H and O–H groups in total. The molecule has 4 heterocycles. The number of benzene rings is 4. The van der Waals surface area contributed by atoms with Gasteiger partial charge in [-0.25, -0.2) is 19.9 Å². The van der Waals surface area contributed by atoms with Crippen molar-refractivity contribution in [3.63, 3.8) is 0 Å². The highest BCUT2D eigenvalue weighted by Crippen LogP contribution is 2.28. The summed E-state index contributed by atoms with van der Waals surface area (Å²) in [5.41, 5.74) is 10.0. The standard InChI is InChI=1S/C21H18ClN5O3.C13H10ClNO2.C8H8N4O2.CH4/c1-13(14-3-7-17(8-4-14)30-20-10-5-15(22)12-23-20)24-21-25-18-9-6-16(27(28)29)11-19(18)26(21)2;1-9(16)10-2-5-12(6-3-10)17-13-7-4-11(14)8-15-13;1-11-7-4-5(12(13)14)2-3-6(7)10-8(11)9;/h3-13H,1-2H3,(H,24,25);2-8H,1H3;2-4H,1H3,(H2,9,10);1H4. The predicted molar refractivity (Wildman–Crippen MR) is 239 cm³/mol. The normalized spacial score (nSPS) is 10.9.